The Bertz CT molecular complexity index is 399. The molecule has 0 N–H and O–H groups in total. The third-order valence-electron chi connectivity index (χ3n) is 1.73. The van der Waals surface area contributed by atoms with E-state index in [0.29, 0.717) is 18.4 Å². The van der Waals surface area contributed by atoms with E-state index >= 15 is 0 Å². The van der Waals surface area contributed by atoms with Crippen molar-refractivity contribution in [3.63, 3.8) is 0 Å². The Hall–Kier alpha value is -0.000000000000000167. The minimum absolute atomic E-state index is 0.537. The van der Waals surface area contributed by atoms with E-state index in [1.807, 2.05) is 33.8 Å². The molecule has 0 aliphatic rings. The first kappa shape index (κ1) is 15.1. The van der Waals surface area contributed by atoms with Crippen LogP contribution in [0.2, 0.25) is 0 Å². The number of aromatic nitrogens is 2. The van der Waals surface area contributed by atoms with Gasteiger partial charge in [0.25, 0.3) is 5.69 Å². The summed E-state index contributed by atoms with van der Waals surface area (Å²) in [5.41, 5.74) is -0.505. The smallest absolute Gasteiger partial charge is 0.255 e. The molecule has 0 bridgehead atoms. The van der Waals surface area contributed by atoms with Crippen molar-refractivity contribution in [3.05, 3.63) is 17.5 Å². The zero-order valence-corrected chi connectivity index (χ0v) is 13.0. The molecule has 17 heavy (non-hydrogen) atoms. The molecule has 0 fully saturated rings. The number of rotatable bonds is 6. The van der Waals surface area contributed by atoms with Crippen LogP contribution in [-0.4, -0.2) is 23.2 Å². The molecule has 96 valence electrons. The Labute approximate surface area is 111 Å². The second-order valence-corrected chi connectivity index (χ2v) is 9.39. The van der Waals surface area contributed by atoms with Crippen molar-refractivity contribution in [1.29, 1.82) is 0 Å². The van der Waals surface area contributed by atoms with Crippen LogP contribution in [0.25, 0.3) is 0 Å². The normalized spacial score (nSPS) is 11.8. The summed E-state index contributed by atoms with van der Waals surface area (Å²) in [6.07, 6.45) is 0. The van der Waals surface area contributed by atoms with Gasteiger partial charge in [-0.2, -0.15) is 0 Å². The van der Waals surface area contributed by atoms with Crippen molar-refractivity contribution in [2.24, 2.45) is 0 Å². The van der Waals surface area contributed by atoms with Gasteiger partial charge in [-0.3, -0.25) is 0 Å². The summed E-state index contributed by atoms with van der Waals surface area (Å²) in [5, 5.41) is 0.632. The van der Waals surface area contributed by atoms with Crippen LogP contribution in [0.5, 0.6) is 0 Å². The fourth-order valence-corrected chi connectivity index (χ4v) is 5.65. The first-order chi connectivity index (χ1) is 7.99. The van der Waals surface area contributed by atoms with Gasteiger partial charge in [0.05, 0.1) is 13.2 Å². The molecule has 0 amide bonds. The van der Waals surface area contributed by atoms with Crippen LogP contribution < -0.4 is 0 Å². The van der Waals surface area contributed by atoms with E-state index in [2.05, 4.69) is 9.97 Å². The van der Waals surface area contributed by atoms with E-state index < -0.39 is 5.69 Å². The summed E-state index contributed by atoms with van der Waals surface area (Å²) < 4.78 is 11.1. The van der Waals surface area contributed by atoms with E-state index in [1.165, 1.54) is 11.4 Å². The van der Waals surface area contributed by atoms with Crippen molar-refractivity contribution in [2.45, 2.75) is 32.9 Å². The van der Waals surface area contributed by atoms with Gasteiger partial charge in [-0.1, -0.05) is 0 Å². The average molecular weight is 292 g/mol. The standard InChI is InChI=1S/C10H17N2O2PS2/c1-5-13-15(16,14-6-2)17-10-11-8(3)7-9(4)12-10/h7H,5-6H2,1-4H3. The quantitative estimate of drug-likeness (QED) is 0.591. The third-order valence-corrected chi connectivity index (χ3v) is 6.54. The number of hydrogen-bond acceptors (Lipinski definition) is 6. The van der Waals surface area contributed by atoms with Gasteiger partial charge in [-0.05, 0) is 45.6 Å². The number of nitrogens with zero attached hydrogens (tertiary/aromatic N) is 2. The number of hydrogen-bond donors (Lipinski definition) is 0. The molecule has 0 atom stereocenters. The molecule has 0 unspecified atom stereocenters. The Morgan fingerprint density at radius 1 is 1.18 bits per heavy atom. The minimum atomic E-state index is -2.36. The van der Waals surface area contributed by atoms with Gasteiger partial charge in [0.2, 0.25) is 0 Å². The van der Waals surface area contributed by atoms with Crippen LogP contribution in [0.15, 0.2) is 11.2 Å². The number of aryl methyl sites for hydroxylation is 2. The zero-order valence-electron chi connectivity index (χ0n) is 10.5. The summed E-state index contributed by atoms with van der Waals surface area (Å²) in [4.78, 5) is 8.67. The van der Waals surface area contributed by atoms with E-state index in [4.69, 9.17) is 20.9 Å². The van der Waals surface area contributed by atoms with Gasteiger partial charge in [0, 0.05) is 22.8 Å². The summed E-state index contributed by atoms with van der Waals surface area (Å²) >= 11 is 6.75. The molecule has 1 heterocycles. The summed E-state index contributed by atoms with van der Waals surface area (Å²) in [6.45, 7) is 8.75. The highest BCUT2D eigenvalue weighted by atomic mass is 32.9. The second kappa shape index (κ2) is 6.81. The molecular weight excluding hydrogens is 275 g/mol. The van der Waals surface area contributed by atoms with Gasteiger partial charge in [0.15, 0.2) is 5.16 Å². The van der Waals surface area contributed by atoms with Gasteiger partial charge < -0.3 is 9.05 Å². The van der Waals surface area contributed by atoms with E-state index in [-0.39, 0.29) is 0 Å². The molecule has 4 nitrogen and oxygen atoms in total. The van der Waals surface area contributed by atoms with Gasteiger partial charge in [-0.25, -0.2) is 9.97 Å². The predicted octanol–water partition coefficient (Wildman–Crippen LogP) is 3.48. The largest absolute Gasteiger partial charge is 0.322 e. The molecule has 0 radical (unpaired) electrons. The maximum absolute atomic E-state index is 5.54. The highest BCUT2D eigenvalue weighted by Crippen LogP contribution is 2.63. The van der Waals surface area contributed by atoms with E-state index in [0.717, 1.165) is 11.4 Å². The van der Waals surface area contributed by atoms with Gasteiger partial charge in [0.1, 0.15) is 0 Å². The Morgan fingerprint density at radius 3 is 2.06 bits per heavy atom. The highest BCUT2D eigenvalue weighted by molar-refractivity contribution is 8.67. The average Bonchev–Trinajstić information content (AvgIpc) is 2.15. The van der Waals surface area contributed by atoms with Crippen molar-refractivity contribution in [2.75, 3.05) is 13.2 Å². The Balaban J connectivity index is 2.89. The summed E-state index contributed by atoms with van der Waals surface area (Å²) in [6, 6.07) is 1.93. The van der Waals surface area contributed by atoms with Crippen LogP contribution in [-0.2, 0) is 20.9 Å². The SMILES string of the molecule is CCOP(=S)(OCC)Sc1nc(C)cc(C)n1. The van der Waals surface area contributed by atoms with E-state index in [9.17, 15) is 0 Å². The Kier molecular flexibility index (Phi) is 6.03. The molecule has 0 aromatic carbocycles. The summed E-state index contributed by atoms with van der Waals surface area (Å²) in [5.74, 6) is 0. The van der Waals surface area contributed by atoms with Crippen LogP contribution in [0.4, 0.5) is 0 Å². The van der Waals surface area contributed by atoms with Crippen LogP contribution in [0.1, 0.15) is 25.2 Å². The first-order valence-corrected chi connectivity index (χ1v) is 9.46. The Morgan fingerprint density at radius 2 is 1.65 bits per heavy atom. The molecule has 0 spiro atoms. The van der Waals surface area contributed by atoms with E-state index in [1.54, 1.807) is 0 Å². The lowest BCUT2D eigenvalue weighted by Crippen LogP contribution is -1.96. The lowest BCUT2D eigenvalue weighted by Gasteiger charge is -2.19. The zero-order chi connectivity index (χ0) is 12.9. The molecule has 1 aromatic rings. The molecule has 1 aromatic heterocycles. The maximum Gasteiger partial charge on any atom is 0.255 e. The molecule has 0 aliphatic heterocycles. The molecular formula is C10H17N2O2PS2. The molecule has 0 aliphatic carbocycles. The minimum Gasteiger partial charge on any atom is -0.322 e. The molecule has 1 rings (SSSR count). The van der Waals surface area contributed by atoms with Gasteiger partial charge in [-0.15, -0.1) is 0 Å². The lowest BCUT2D eigenvalue weighted by atomic mass is 10.4. The van der Waals surface area contributed by atoms with Crippen molar-refractivity contribution in [3.8, 4) is 0 Å². The first-order valence-electron chi connectivity index (χ1n) is 5.40. The molecule has 0 saturated carbocycles. The van der Waals surface area contributed by atoms with Crippen molar-refractivity contribution >= 4 is 28.9 Å². The molecule has 0 saturated heterocycles. The maximum atomic E-state index is 5.54. The van der Waals surface area contributed by atoms with Crippen molar-refractivity contribution < 1.29 is 9.05 Å². The predicted molar refractivity (Wildman–Crippen MR) is 74.9 cm³/mol. The fraction of sp³-hybridized carbons (Fsp3) is 0.600. The third kappa shape index (κ3) is 5.02. The fourth-order valence-electron chi connectivity index (χ4n) is 1.24. The second-order valence-electron chi connectivity index (χ2n) is 3.31. The monoisotopic (exact) mass is 292 g/mol. The highest BCUT2D eigenvalue weighted by Gasteiger charge is 2.22. The lowest BCUT2D eigenvalue weighted by molar-refractivity contribution is 0.280. The molecule has 7 heteroatoms. The van der Waals surface area contributed by atoms with Gasteiger partial charge >= 0.3 is 0 Å². The summed E-state index contributed by atoms with van der Waals surface area (Å²) in [7, 11) is 0. The van der Waals surface area contributed by atoms with Crippen LogP contribution in [0, 0.1) is 13.8 Å². The van der Waals surface area contributed by atoms with Crippen LogP contribution >= 0.6 is 17.1 Å². The topological polar surface area (TPSA) is 44.2 Å². The van der Waals surface area contributed by atoms with Crippen LogP contribution in [0.3, 0.4) is 0 Å². The van der Waals surface area contributed by atoms with Crippen molar-refractivity contribution in [1.82, 2.24) is 9.97 Å².